The number of aryl methyl sites for hydroxylation is 1. The molecule has 2 aliphatic heterocycles. The van der Waals surface area contributed by atoms with E-state index in [1.165, 1.54) is 0 Å². The second-order valence-corrected chi connectivity index (χ2v) is 6.53. The van der Waals surface area contributed by atoms with E-state index < -0.39 is 5.97 Å². The van der Waals surface area contributed by atoms with Crippen LogP contribution in [0.4, 0.5) is 4.79 Å². The molecule has 3 amide bonds. The Morgan fingerprint density at radius 3 is 2.58 bits per heavy atom. The maximum Gasteiger partial charge on any atom is 0.325 e. The molecule has 142 valence electrons. The Morgan fingerprint density at radius 2 is 1.88 bits per heavy atom. The van der Waals surface area contributed by atoms with E-state index in [2.05, 4.69) is 10.4 Å². The van der Waals surface area contributed by atoms with Crippen LogP contribution in [-0.4, -0.2) is 70.3 Å². The predicted molar refractivity (Wildman–Crippen MR) is 92.5 cm³/mol. The van der Waals surface area contributed by atoms with Gasteiger partial charge in [-0.15, -0.1) is 0 Å². The van der Waals surface area contributed by atoms with Crippen LogP contribution in [0.3, 0.4) is 0 Å². The fraction of sp³-hybridized carbons (Fsp3) is 0.647. The first-order chi connectivity index (χ1) is 12.5. The van der Waals surface area contributed by atoms with Crippen LogP contribution in [0.5, 0.6) is 0 Å². The molecule has 2 aliphatic rings. The van der Waals surface area contributed by atoms with Gasteiger partial charge in [-0.05, 0) is 19.8 Å². The Labute approximate surface area is 152 Å². The summed E-state index contributed by atoms with van der Waals surface area (Å²) in [6.45, 7) is 4.17. The maximum atomic E-state index is 12.8. The van der Waals surface area contributed by atoms with Gasteiger partial charge in [0.2, 0.25) is 0 Å². The number of carbonyl (C=O) groups is 3. The normalized spacial score (nSPS) is 16.4. The number of esters is 1. The molecular formula is C17H25N5O4. The van der Waals surface area contributed by atoms with E-state index in [-0.39, 0.29) is 25.1 Å². The van der Waals surface area contributed by atoms with Gasteiger partial charge < -0.3 is 19.9 Å². The molecule has 3 heterocycles. The van der Waals surface area contributed by atoms with Gasteiger partial charge in [-0.3, -0.25) is 14.3 Å². The number of hydrogen-bond donors (Lipinski definition) is 1. The predicted octanol–water partition coefficient (Wildman–Crippen LogP) is 0.287. The minimum atomic E-state index is -0.468. The van der Waals surface area contributed by atoms with Gasteiger partial charge in [-0.2, -0.15) is 5.10 Å². The molecule has 3 rings (SSSR count). The second-order valence-electron chi connectivity index (χ2n) is 6.53. The van der Waals surface area contributed by atoms with Crippen molar-refractivity contribution in [2.75, 3.05) is 32.8 Å². The fourth-order valence-corrected chi connectivity index (χ4v) is 3.48. The Bertz CT molecular complexity index is 708. The largest absolute Gasteiger partial charge is 0.465 e. The lowest BCUT2D eigenvalue weighted by Crippen LogP contribution is -2.45. The molecule has 26 heavy (non-hydrogen) atoms. The summed E-state index contributed by atoms with van der Waals surface area (Å²) in [5.41, 5.74) is 2.23. The van der Waals surface area contributed by atoms with Gasteiger partial charge >= 0.3 is 12.0 Å². The minimum Gasteiger partial charge on any atom is -0.465 e. The van der Waals surface area contributed by atoms with Gasteiger partial charge in [0.05, 0.1) is 13.2 Å². The summed E-state index contributed by atoms with van der Waals surface area (Å²) in [6.07, 6.45) is 2.66. The van der Waals surface area contributed by atoms with Crippen LogP contribution in [-0.2, 0) is 29.5 Å². The van der Waals surface area contributed by atoms with Crippen LogP contribution in [0, 0.1) is 0 Å². The molecule has 0 radical (unpaired) electrons. The number of hydrogen-bond acceptors (Lipinski definition) is 5. The van der Waals surface area contributed by atoms with Gasteiger partial charge in [0.15, 0.2) is 5.69 Å². The van der Waals surface area contributed by atoms with Crippen molar-refractivity contribution < 1.29 is 19.1 Å². The van der Waals surface area contributed by atoms with Crippen molar-refractivity contribution in [3.05, 3.63) is 17.0 Å². The van der Waals surface area contributed by atoms with E-state index in [0.717, 1.165) is 37.2 Å². The molecule has 0 aliphatic carbocycles. The highest BCUT2D eigenvalue weighted by Gasteiger charge is 2.32. The van der Waals surface area contributed by atoms with Gasteiger partial charge in [0.25, 0.3) is 5.91 Å². The lowest BCUT2D eigenvalue weighted by Gasteiger charge is -2.28. The lowest BCUT2D eigenvalue weighted by molar-refractivity contribution is -0.141. The van der Waals surface area contributed by atoms with Crippen molar-refractivity contribution in [3.63, 3.8) is 0 Å². The van der Waals surface area contributed by atoms with Crippen LogP contribution in [0.2, 0.25) is 0 Å². The number of carbonyl (C=O) groups excluding carboxylic acids is 3. The zero-order valence-corrected chi connectivity index (χ0v) is 15.3. The highest BCUT2D eigenvalue weighted by Crippen LogP contribution is 2.24. The number of fused-ring (bicyclic) bond motifs is 1. The molecule has 1 N–H and O–H groups in total. The zero-order chi connectivity index (χ0) is 18.7. The van der Waals surface area contributed by atoms with Gasteiger partial charge in [-0.1, -0.05) is 0 Å². The first kappa shape index (κ1) is 18.2. The number of nitrogens with one attached hydrogen (secondary N) is 1. The standard InChI is InChI=1S/C17H25N5O4/c1-3-26-14(23)10-18-17(25)22-9-6-13-12(11-22)15(19-20(13)2)16(24)21-7-4-5-8-21/h3-11H2,1-2H3,(H,18,25). The molecule has 1 fully saturated rings. The van der Waals surface area contributed by atoms with E-state index in [4.69, 9.17) is 4.74 Å². The number of nitrogens with zero attached hydrogens (tertiary/aromatic N) is 4. The first-order valence-corrected chi connectivity index (χ1v) is 9.03. The molecule has 0 bridgehead atoms. The molecule has 0 atom stereocenters. The summed E-state index contributed by atoms with van der Waals surface area (Å²) >= 11 is 0. The minimum absolute atomic E-state index is 0.0619. The van der Waals surface area contributed by atoms with Crippen LogP contribution in [0.15, 0.2) is 0 Å². The van der Waals surface area contributed by atoms with Gasteiger partial charge in [0.1, 0.15) is 6.54 Å². The van der Waals surface area contributed by atoms with E-state index in [9.17, 15) is 14.4 Å². The number of rotatable bonds is 4. The van der Waals surface area contributed by atoms with E-state index in [1.54, 1.807) is 16.5 Å². The summed E-state index contributed by atoms with van der Waals surface area (Å²) < 4.78 is 6.55. The van der Waals surface area contributed by atoms with Crippen LogP contribution in [0.1, 0.15) is 41.5 Å². The molecule has 1 aromatic heterocycles. The Balaban J connectivity index is 1.69. The third-order valence-electron chi connectivity index (χ3n) is 4.81. The average Bonchev–Trinajstić information content (AvgIpc) is 3.28. The Hall–Kier alpha value is -2.58. The van der Waals surface area contributed by atoms with Crippen molar-refractivity contribution in [1.29, 1.82) is 0 Å². The average molecular weight is 363 g/mol. The number of ether oxygens (including phenoxy) is 1. The van der Waals surface area contributed by atoms with Crippen LogP contribution < -0.4 is 5.32 Å². The monoisotopic (exact) mass is 363 g/mol. The number of aromatic nitrogens is 2. The summed E-state index contributed by atoms with van der Waals surface area (Å²) in [5, 5.41) is 6.99. The zero-order valence-electron chi connectivity index (χ0n) is 15.3. The Morgan fingerprint density at radius 1 is 1.15 bits per heavy atom. The topological polar surface area (TPSA) is 96.8 Å². The summed E-state index contributed by atoms with van der Waals surface area (Å²) in [4.78, 5) is 39.9. The van der Waals surface area contributed by atoms with Crippen molar-refractivity contribution in [1.82, 2.24) is 24.9 Å². The molecule has 0 aromatic carbocycles. The smallest absolute Gasteiger partial charge is 0.325 e. The summed E-state index contributed by atoms with van der Waals surface area (Å²) in [7, 11) is 1.83. The highest BCUT2D eigenvalue weighted by molar-refractivity contribution is 5.94. The Kier molecular flexibility index (Phi) is 5.43. The van der Waals surface area contributed by atoms with Crippen molar-refractivity contribution >= 4 is 17.9 Å². The molecule has 0 unspecified atom stereocenters. The lowest BCUT2D eigenvalue weighted by atomic mass is 10.0. The first-order valence-electron chi connectivity index (χ1n) is 9.03. The van der Waals surface area contributed by atoms with Crippen LogP contribution >= 0.6 is 0 Å². The van der Waals surface area contributed by atoms with Gasteiger partial charge in [0, 0.05) is 44.4 Å². The second kappa shape index (κ2) is 7.76. The quantitative estimate of drug-likeness (QED) is 0.776. The highest BCUT2D eigenvalue weighted by atomic mass is 16.5. The molecule has 0 spiro atoms. The molecule has 1 aromatic rings. The molecule has 9 heteroatoms. The molecule has 9 nitrogen and oxygen atoms in total. The van der Waals surface area contributed by atoms with Gasteiger partial charge in [-0.25, -0.2) is 4.79 Å². The van der Waals surface area contributed by atoms with Crippen molar-refractivity contribution in [2.24, 2.45) is 7.05 Å². The summed E-state index contributed by atoms with van der Waals surface area (Å²) in [6, 6.07) is -0.341. The number of likely N-dealkylation sites (tertiary alicyclic amines) is 1. The van der Waals surface area contributed by atoms with E-state index in [1.807, 2.05) is 11.9 Å². The van der Waals surface area contributed by atoms with Crippen LogP contribution in [0.25, 0.3) is 0 Å². The molecule has 0 saturated carbocycles. The third-order valence-corrected chi connectivity index (χ3v) is 4.81. The van der Waals surface area contributed by atoms with Crippen molar-refractivity contribution in [2.45, 2.75) is 32.7 Å². The SMILES string of the molecule is CCOC(=O)CNC(=O)N1CCc2c(c(C(=O)N3CCCC3)nn2C)C1. The molecular weight excluding hydrogens is 338 g/mol. The fourth-order valence-electron chi connectivity index (χ4n) is 3.48. The number of amides is 3. The maximum absolute atomic E-state index is 12.8. The third kappa shape index (κ3) is 3.66. The van der Waals surface area contributed by atoms with Crippen molar-refractivity contribution in [3.8, 4) is 0 Å². The molecule has 1 saturated heterocycles. The number of urea groups is 1. The summed E-state index contributed by atoms with van der Waals surface area (Å²) in [5.74, 6) is -0.530. The van der Waals surface area contributed by atoms with E-state index in [0.29, 0.717) is 25.2 Å². The van der Waals surface area contributed by atoms with E-state index >= 15 is 0 Å².